The quantitative estimate of drug-likeness (QED) is 0.786. The Bertz CT molecular complexity index is 516. The summed E-state index contributed by atoms with van der Waals surface area (Å²) in [7, 11) is -0.272. The molecule has 0 spiro atoms. The molecule has 17 heavy (non-hydrogen) atoms. The zero-order valence-corrected chi connectivity index (χ0v) is 11.2. The van der Waals surface area contributed by atoms with Gasteiger partial charge in [0.15, 0.2) is 0 Å². The minimum atomic E-state index is -0.284. The third kappa shape index (κ3) is 1.63. The Morgan fingerprint density at radius 1 is 1.24 bits per heavy atom. The number of fused-ring (bicyclic) bond motifs is 1. The third-order valence-corrected chi connectivity index (χ3v) is 4.71. The molecule has 1 aliphatic rings. The summed E-state index contributed by atoms with van der Waals surface area (Å²) in [6, 6.07) is 2.08. The van der Waals surface area contributed by atoms with E-state index in [2.05, 4.69) is 44.0 Å². The SMILES string of the molecule is CC1(C)OB(c2cc3cn[nH]c3s2)OC1(C)C. The van der Waals surface area contributed by atoms with Gasteiger partial charge in [0.05, 0.1) is 17.4 Å². The van der Waals surface area contributed by atoms with E-state index in [1.165, 1.54) is 0 Å². The lowest BCUT2D eigenvalue weighted by atomic mass is 9.88. The van der Waals surface area contributed by atoms with Crippen LogP contribution in [0.1, 0.15) is 27.7 Å². The number of nitrogens with zero attached hydrogens (tertiary/aromatic N) is 1. The first-order valence-corrected chi connectivity index (χ1v) is 6.49. The number of aromatic nitrogens is 2. The molecule has 0 aromatic carbocycles. The van der Waals surface area contributed by atoms with Gasteiger partial charge >= 0.3 is 7.12 Å². The van der Waals surface area contributed by atoms with Gasteiger partial charge in [-0.25, -0.2) is 0 Å². The molecule has 0 unspecified atom stereocenters. The molecule has 0 radical (unpaired) electrons. The Balaban J connectivity index is 1.95. The first-order chi connectivity index (χ1) is 7.89. The summed E-state index contributed by atoms with van der Waals surface area (Å²) in [6.07, 6.45) is 1.82. The Hall–Kier alpha value is -0.845. The average molecular weight is 250 g/mol. The fourth-order valence-corrected chi connectivity index (χ4v) is 2.79. The van der Waals surface area contributed by atoms with Crippen molar-refractivity contribution in [1.29, 1.82) is 0 Å². The Labute approximate surface area is 104 Å². The van der Waals surface area contributed by atoms with Crippen molar-refractivity contribution < 1.29 is 9.31 Å². The van der Waals surface area contributed by atoms with E-state index < -0.39 is 0 Å². The summed E-state index contributed by atoms with van der Waals surface area (Å²) in [5, 5.41) is 8.06. The molecule has 4 nitrogen and oxygen atoms in total. The second-order valence-electron chi connectivity index (χ2n) is 5.39. The number of H-pyrrole nitrogens is 1. The van der Waals surface area contributed by atoms with Crippen LogP contribution < -0.4 is 4.78 Å². The van der Waals surface area contributed by atoms with Gasteiger partial charge in [0.2, 0.25) is 0 Å². The fraction of sp³-hybridized carbons (Fsp3) is 0.545. The highest BCUT2D eigenvalue weighted by molar-refractivity contribution is 7.27. The highest BCUT2D eigenvalue weighted by Crippen LogP contribution is 2.37. The molecule has 1 saturated heterocycles. The second kappa shape index (κ2) is 3.34. The highest BCUT2D eigenvalue weighted by atomic mass is 32.1. The third-order valence-electron chi connectivity index (χ3n) is 3.64. The van der Waals surface area contributed by atoms with Crippen LogP contribution >= 0.6 is 11.3 Å². The van der Waals surface area contributed by atoms with Crippen molar-refractivity contribution in [3.05, 3.63) is 12.3 Å². The van der Waals surface area contributed by atoms with Crippen LogP contribution in [0.25, 0.3) is 10.2 Å². The first-order valence-electron chi connectivity index (χ1n) is 5.67. The van der Waals surface area contributed by atoms with E-state index in [1.54, 1.807) is 11.3 Å². The molecule has 6 heteroatoms. The molecule has 0 atom stereocenters. The molecule has 1 aliphatic heterocycles. The van der Waals surface area contributed by atoms with Gasteiger partial charge in [-0.3, -0.25) is 5.10 Å². The van der Waals surface area contributed by atoms with Crippen LogP contribution in [0.3, 0.4) is 0 Å². The number of aromatic amines is 1. The maximum absolute atomic E-state index is 6.00. The predicted octanol–water partition coefficient (Wildman–Crippen LogP) is 1.92. The van der Waals surface area contributed by atoms with Crippen molar-refractivity contribution in [3.8, 4) is 0 Å². The van der Waals surface area contributed by atoms with Crippen molar-refractivity contribution in [2.45, 2.75) is 38.9 Å². The Morgan fingerprint density at radius 2 is 1.88 bits per heavy atom. The molecule has 0 saturated carbocycles. The minimum Gasteiger partial charge on any atom is -0.399 e. The number of thiophene rings is 1. The molecule has 0 amide bonds. The van der Waals surface area contributed by atoms with Crippen LogP contribution in [-0.2, 0) is 9.31 Å². The number of nitrogens with one attached hydrogen (secondary N) is 1. The zero-order chi connectivity index (χ0) is 12.3. The summed E-state index contributed by atoms with van der Waals surface area (Å²) >= 11 is 1.63. The standard InChI is InChI=1S/C11H15BN2O2S/c1-10(2)11(3,4)16-12(15-10)8-5-7-6-13-14-9(7)17-8/h5-6H,1-4H3,(H,13,14). The van der Waals surface area contributed by atoms with Crippen LogP contribution in [0.15, 0.2) is 12.3 Å². The van der Waals surface area contributed by atoms with Gasteiger partial charge in [0.25, 0.3) is 0 Å². The van der Waals surface area contributed by atoms with Gasteiger partial charge < -0.3 is 9.31 Å². The number of rotatable bonds is 1. The largest absolute Gasteiger partial charge is 0.505 e. The summed E-state index contributed by atoms with van der Waals surface area (Å²) < 4.78 is 13.1. The lowest BCUT2D eigenvalue weighted by Crippen LogP contribution is -2.41. The van der Waals surface area contributed by atoms with E-state index in [0.29, 0.717) is 0 Å². The van der Waals surface area contributed by atoms with E-state index in [0.717, 1.165) is 15.0 Å². The molecule has 3 rings (SSSR count). The molecule has 2 aromatic heterocycles. The van der Waals surface area contributed by atoms with Crippen molar-refractivity contribution in [2.75, 3.05) is 0 Å². The molecule has 1 fully saturated rings. The van der Waals surface area contributed by atoms with Gasteiger partial charge in [-0.2, -0.15) is 5.10 Å². The topological polar surface area (TPSA) is 47.1 Å². The van der Waals surface area contributed by atoms with Crippen molar-refractivity contribution in [2.24, 2.45) is 0 Å². The zero-order valence-electron chi connectivity index (χ0n) is 10.4. The summed E-state index contributed by atoms with van der Waals surface area (Å²) in [4.78, 5) is 1.06. The molecular formula is C11H15BN2O2S. The van der Waals surface area contributed by atoms with Gasteiger partial charge in [-0.1, -0.05) is 0 Å². The minimum absolute atomic E-state index is 0.272. The van der Waals surface area contributed by atoms with Gasteiger partial charge in [-0.15, -0.1) is 11.3 Å². The van der Waals surface area contributed by atoms with E-state index in [1.807, 2.05) is 6.20 Å². The smallest absolute Gasteiger partial charge is 0.399 e. The fourth-order valence-electron chi connectivity index (χ4n) is 1.84. The highest BCUT2D eigenvalue weighted by Gasteiger charge is 2.52. The molecule has 0 bridgehead atoms. The Morgan fingerprint density at radius 3 is 2.47 bits per heavy atom. The monoisotopic (exact) mass is 250 g/mol. The molecular weight excluding hydrogens is 235 g/mol. The van der Waals surface area contributed by atoms with Gasteiger partial charge in [-0.05, 0) is 33.8 Å². The van der Waals surface area contributed by atoms with Gasteiger partial charge in [0, 0.05) is 10.2 Å². The normalized spacial score (nSPS) is 22.5. The van der Waals surface area contributed by atoms with Crippen molar-refractivity contribution >= 4 is 33.4 Å². The first kappa shape index (κ1) is 11.3. The number of hydrogen-bond acceptors (Lipinski definition) is 4. The van der Waals surface area contributed by atoms with Crippen LogP contribution in [0.2, 0.25) is 0 Å². The molecule has 2 aromatic rings. The van der Waals surface area contributed by atoms with Crippen molar-refractivity contribution in [1.82, 2.24) is 10.2 Å². The molecule has 1 N–H and O–H groups in total. The molecule has 3 heterocycles. The summed E-state index contributed by atoms with van der Waals surface area (Å²) in [6.45, 7) is 8.25. The van der Waals surface area contributed by atoms with Crippen LogP contribution in [0.5, 0.6) is 0 Å². The van der Waals surface area contributed by atoms with Crippen molar-refractivity contribution in [3.63, 3.8) is 0 Å². The Kier molecular flexibility index (Phi) is 2.21. The summed E-state index contributed by atoms with van der Waals surface area (Å²) in [5.74, 6) is 0. The average Bonchev–Trinajstić information content (AvgIpc) is 2.77. The molecule has 90 valence electrons. The predicted molar refractivity (Wildman–Crippen MR) is 69.7 cm³/mol. The lowest BCUT2D eigenvalue weighted by molar-refractivity contribution is 0.00578. The van der Waals surface area contributed by atoms with Gasteiger partial charge in [0.1, 0.15) is 4.83 Å². The second-order valence-corrected chi connectivity index (χ2v) is 6.48. The summed E-state index contributed by atoms with van der Waals surface area (Å²) in [5.41, 5.74) is -0.568. The maximum atomic E-state index is 6.00. The van der Waals surface area contributed by atoms with E-state index in [-0.39, 0.29) is 18.3 Å². The molecule has 0 aliphatic carbocycles. The van der Waals surface area contributed by atoms with Crippen LogP contribution in [-0.4, -0.2) is 28.5 Å². The lowest BCUT2D eigenvalue weighted by Gasteiger charge is -2.32. The van der Waals surface area contributed by atoms with E-state index in [4.69, 9.17) is 9.31 Å². The van der Waals surface area contributed by atoms with Crippen LogP contribution in [0, 0.1) is 0 Å². The number of hydrogen-bond donors (Lipinski definition) is 1. The van der Waals surface area contributed by atoms with E-state index in [9.17, 15) is 0 Å². The maximum Gasteiger partial charge on any atom is 0.505 e. The van der Waals surface area contributed by atoms with E-state index >= 15 is 0 Å². The van der Waals surface area contributed by atoms with Crippen LogP contribution in [0.4, 0.5) is 0 Å².